The van der Waals surface area contributed by atoms with Crippen molar-refractivity contribution in [3.63, 3.8) is 0 Å². The van der Waals surface area contributed by atoms with Gasteiger partial charge < -0.3 is 23.7 Å². The van der Waals surface area contributed by atoms with Gasteiger partial charge in [-0.3, -0.25) is 10.1 Å². The van der Waals surface area contributed by atoms with E-state index < -0.39 is 81.4 Å². The van der Waals surface area contributed by atoms with E-state index in [9.17, 15) is 33.7 Å². The number of nitrogens with zero attached hydrogens (tertiary/aromatic N) is 4. The van der Waals surface area contributed by atoms with Crippen molar-refractivity contribution in [2.24, 2.45) is 0 Å². The SMILES string of the molecule is CC(C)(C)OC(=O)N(C(=O)OC(C)(C)C)c1cc(OCc2cccc(F)c2[N+](=O)[O-])cc(N(C(=O)OC(C)(C)C)C(=O)OC(C)(C)C)n1. The maximum Gasteiger partial charge on any atom is 0.425 e. The van der Waals surface area contributed by atoms with Crippen LogP contribution >= 0.6 is 0 Å². The molecule has 1 aromatic carbocycles. The van der Waals surface area contributed by atoms with E-state index in [0.717, 1.165) is 18.2 Å². The van der Waals surface area contributed by atoms with Crippen LogP contribution < -0.4 is 14.5 Å². The average Bonchev–Trinajstić information content (AvgIpc) is 2.83. The van der Waals surface area contributed by atoms with E-state index >= 15 is 0 Å². The maximum atomic E-state index is 14.3. The Hall–Kier alpha value is -5.02. The zero-order valence-electron chi connectivity index (χ0n) is 29.3. The standard InChI is InChI=1S/C32H43FN4O11/c1-29(2,3)45-25(38)35(26(39)46-30(4,5)6)22-16-20(44-18-19-14-13-15-21(33)24(19)37(42)43)17-23(34-22)36(27(40)47-31(7,8)9)28(41)48-32(10,11)12/h13-17H,18H2,1-12H3. The monoisotopic (exact) mass is 678 g/mol. The molecule has 4 amide bonds. The Morgan fingerprint density at radius 2 is 1.06 bits per heavy atom. The highest BCUT2D eigenvalue weighted by Gasteiger charge is 2.38. The van der Waals surface area contributed by atoms with E-state index in [1.165, 1.54) is 12.1 Å². The second-order valence-electron chi connectivity index (χ2n) is 14.4. The molecule has 0 radical (unpaired) electrons. The number of hydrogen-bond donors (Lipinski definition) is 0. The van der Waals surface area contributed by atoms with Crippen molar-refractivity contribution in [2.75, 3.05) is 9.80 Å². The van der Waals surface area contributed by atoms with Gasteiger partial charge in [-0.05, 0) is 95.2 Å². The molecule has 16 heteroatoms. The molecule has 0 aliphatic heterocycles. The van der Waals surface area contributed by atoms with Gasteiger partial charge in [0.25, 0.3) is 0 Å². The summed E-state index contributed by atoms with van der Waals surface area (Å²) in [5, 5.41) is 11.6. The molecule has 0 atom stereocenters. The molecule has 264 valence electrons. The van der Waals surface area contributed by atoms with Crippen LogP contribution in [-0.2, 0) is 25.6 Å². The zero-order chi connectivity index (χ0) is 37.0. The molecule has 2 aromatic rings. The third-order valence-electron chi connectivity index (χ3n) is 5.18. The molecule has 0 fully saturated rings. The van der Waals surface area contributed by atoms with E-state index in [0.29, 0.717) is 9.80 Å². The van der Waals surface area contributed by atoms with Gasteiger partial charge in [-0.1, -0.05) is 6.07 Å². The predicted molar refractivity (Wildman–Crippen MR) is 172 cm³/mol. The van der Waals surface area contributed by atoms with Crippen LogP contribution in [0.1, 0.15) is 88.6 Å². The predicted octanol–water partition coefficient (Wildman–Crippen LogP) is 8.06. The van der Waals surface area contributed by atoms with Crippen LogP contribution in [0.4, 0.5) is 40.9 Å². The molecule has 15 nitrogen and oxygen atoms in total. The van der Waals surface area contributed by atoms with E-state index in [1.807, 2.05) is 0 Å². The summed E-state index contributed by atoms with van der Waals surface area (Å²) in [5.41, 5.74) is -5.45. The average molecular weight is 679 g/mol. The number of nitro benzene ring substituents is 1. The Balaban J connectivity index is 2.89. The summed E-state index contributed by atoms with van der Waals surface area (Å²) in [6.07, 6.45) is -4.97. The Kier molecular flexibility index (Phi) is 11.7. The largest absolute Gasteiger partial charge is 0.488 e. The van der Waals surface area contributed by atoms with E-state index in [-0.39, 0.29) is 11.3 Å². The second kappa shape index (κ2) is 14.4. The van der Waals surface area contributed by atoms with Gasteiger partial charge >= 0.3 is 30.1 Å². The lowest BCUT2D eigenvalue weighted by Crippen LogP contribution is -2.45. The minimum absolute atomic E-state index is 0.174. The first-order valence-electron chi connectivity index (χ1n) is 14.8. The molecule has 0 N–H and O–H groups in total. The van der Waals surface area contributed by atoms with Gasteiger partial charge in [-0.25, -0.2) is 24.2 Å². The molecule has 0 saturated carbocycles. The first-order valence-corrected chi connectivity index (χ1v) is 14.8. The topological polar surface area (TPSA) is 177 Å². The molecule has 0 spiro atoms. The van der Waals surface area contributed by atoms with Crippen LogP contribution in [0.2, 0.25) is 0 Å². The van der Waals surface area contributed by atoms with Gasteiger partial charge in [-0.2, -0.15) is 14.2 Å². The molecule has 1 aromatic heterocycles. The molecule has 1 heterocycles. The van der Waals surface area contributed by atoms with Crippen LogP contribution in [-0.4, -0.2) is 56.7 Å². The number of halogens is 1. The second-order valence-corrected chi connectivity index (χ2v) is 14.4. The summed E-state index contributed by atoms with van der Waals surface area (Å²) in [7, 11) is 0. The van der Waals surface area contributed by atoms with Gasteiger partial charge in [0.1, 0.15) is 34.8 Å². The van der Waals surface area contributed by atoms with E-state index in [2.05, 4.69) is 4.98 Å². The number of anilines is 2. The number of carbonyl (C=O) groups is 4. The van der Waals surface area contributed by atoms with E-state index in [1.54, 1.807) is 83.1 Å². The normalized spacial score (nSPS) is 12.0. The minimum atomic E-state index is -1.24. The fourth-order valence-corrected chi connectivity index (χ4v) is 3.59. The highest BCUT2D eigenvalue weighted by Crippen LogP contribution is 2.32. The molecular weight excluding hydrogens is 635 g/mol. The van der Waals surface area contributed by atoms with Crippen molar-refractivity contribution in [1.29, 1.82) is 0 Å². The molecule has 0 aliphatic carbocycles. The number of benzene rings is 1. The summed E-state index contributed by atoms with van der Waals surface area (Å²) >= 11 is 0. The highest BCUT2D eigenvalue weighted by atomic mass is 19.1. The lowest BCUT2D eigenvalue weighted by molar-refractivity contribution is -0.388. The Bertz CT molecular complexity index is 1420. The number of imide groups is 2. The molecule has 48 heavy (non-hydrogen) atoms. The molecule has 0 unspecified atom stereocenters. The number of hydrogen-bond acceptors (Lipinski definition) is 12. The van der Waals surface area contributed by atoms with Crippen molar-refractivity contribution in [3.05, 3.63) is 51.8 Å². The Morgan fingerprint density at radius 3 is 1.38 bits per heavy atom. The number of nitro groups is 1. The van der Waals surface area contributed by atoms with Crippen molar-refractivity contribution < 1.29 is 52.2 Å². The fourth-order valence-electron chi connectivity index (χ4n) is 3.59. The third kappa shape index (κ3) is 12.0. The quantitative estimate of drug-likeness (QED) is 0.163. The van der Waals surface area contributed by atoms with Crippen LogP contribution in [0.5, 0.6) is 5.75 Å². The van der Waals surface area contributed by atoms with Gasteiger partial charge in [0, 0.05) is 12.1 Å². The molecular formula is C32H43FN4O11. The number of aromatic nitrogens is 1. The van der Waals surface area contributed by atoms with Crippen LogP contribution in [0.3, 0.4) is 0 Å². The first kappa shape index (κ1) is 39.2. The summed E-state index contributed by atoms with van der Waals surface area (Å²) < 4.78 is 41.8. The fraction of sp³-hybridized carbons (Fsp3) is 0.531. The van der Waals surface area contributed by atoms with Crippen LogP contribution in [0.15, 0.2) is 30.3 Å². The lowest BCUT2D eigenvalue weighted by atomic mass is 10.2. The van der Waals surface area contributed by atoms with Crippen molar-refractivity contribution in [3.8, 4) is 5.75 Å². The van der Waals surface area contributed by atoms with Crippen LogP contribution in [0.25, 0.3) is 0 Å². The lowest BCUT2D eigenvalue weighted by Gasteiger charge is -2.30. The smallest absolute Gasteiger partial charge is 0.425 e. The van der Waals surface area contributed by atoms with Crippen molar-refractivity contribution >= 4 is 41.7 Å². The molecule has 0 aliphatic rings. The van der Waals surface area contributed by atoms with E-state index in [4.69, 9.17) is 23.7 Å². The number of carbonyl (C=O) groups excluding carboxylic acids is 4. The first-order chi connectivity index (χ1) is 21.7. The number of rotatable bonds is 6. The summed E-state index contributed by atoms with van der Waals surface area (Å²) in [6.45, 7) is 18.0. The zero-order valence-corrected chi connectivity index (χ0v) is 29.3. The molecule has 0 bridgehead atoms. The van der Waals surface area contributed by atoms with Crippen LogP contribution in [0, 0.1) is 15.9 Å². The summed E-state index contributed by atoms with van der Waals surface area (Å²) in [5.74, 6) is -2.48. The highest BCUT2D eigenvalue weighted by molar-refractivity contribution is 6.11. The Morgan fingerprint density at radius 1 is 0.708 bits per heavy atom. The molecule has 0 saturated heterocycles. The maximum absolute atomic E-state index is 14.3. The summed E-state index contributed by atoms with van der Waals surface area (Å²) in [4.78, 5) is 69.6. The number of ether oxygens (including phenoxy) is 5. The molecule has 2 rings (SSSR count). The number of pyridine rings is 1. The van der Waals surface area contributed by atoms with Crippen molar-refractivity contribution in [2.45, 2.75) is 112 Å². The van der Waals surface area contributed by atoms with Gasteiger partial charge in [0.05, 0.1) is 10.5 Å². The number of amides is 4. The van der Waals surface area contributed by atoms with Crippen molar-refractivity contribution in [1.82, 2.24) is 4.98 Å². The Labute approximate surface area is 278 Å². The number of para-hydroxylation sites is 1. The summed E-state index contributed by atoms with van der Waals surface area (Å²) in [6, 6.07) is 5.52. The van der Waals surface area contributed by atoms with Gasteiger partial charge in [-0.15, -0.1) is 0 Å². The van der Waals surface area contributed by atoms with Gasteiger partial charge in [0.15, 0.2) is 11.6 Å². The van der Waals surface area contributed by atoms with Gasteiger partial charge in [0.2, 0.25) is 5.82 Å². The minimum Gasteiger partial charge on any atom is -0.488 e. The third-order valence-corrected chi connectivity index (χ3v) is 5.18.